The second-order valence-corrected chi connectivity index (χ2v) is 4.87. The lowest BCUT2D eigenvalue weighted by Gasteiger charge is -2.09. The molecule has 0 saturated carbocycles. The smallest absolute Gasteiger partial charge is 0.146 e. The van der Waals surface area contributed by atoms with Gasteiger partial charge in [-0.2, -0.15) is 0 Å². The first kappa shape index (κ1) is 11.9. The molecule has 0 bridgehead atoms. The summed E-state index contributed by atoms with van der Waals surface area (Å²) >= 11 is 6.12. The molecule has 0 spiro atoms. The quantitative estimate of drug-likeness (QED) is 0.675. The van der Waals surface area contributed by atoms with Crippen LogP contribution in [0.1, 0.15) is 5.69 Å². The Bertz CT molecular complexity index is 749. The minimum atomic E-state index is 0.504. The number of benzene rings is 2. The first-order chi connectivity index (χ1) is 9.13. The Hall–Kier alpha value is -2.13. The molecule has 3 nitrogen and oxygen atoms in total. The summed E-state index contributed by atoms with van der Waals surface area (Å²) in [6.07, 6.45) is 0. The fourth-order valence-electron chi connectivity index (χ4n) is 2.07. The molecule has 1 heterocycles. The summed E-state index contributed by atoms with van der Waals surface area (Å²) in [6, 6.07) is 13.1. The number of hydrogen-bond donors (Lipinski definition) is 2. The Balaban J connectivity index is 2.05. The van der Waals surface area contributed by atoms with Crippen LogP contribution < -0.4 is 10.5 Å². The van der Waals surface area contributed by atoms with Crippen LogP contribution in [0.25, 0.3) is 10.9 Å². The van der Waals surface area contributed by atoms with E-state index >= 15 is 0 Å². The van der Waals surface area contributed by atoms with Crippen molar-refractivity contribution in [1.82, 2.24) is 4.98 Å². The topological polar surface area (TPSA) is 51.0 Å². The highest BCUT2D eigenvalue weighted by atomic mass is 35.5. The second-order valence-electron chi connectivity index (χ2n) is 4.46. The fraction of sp³-hybridized carbons (Fsp3) is 0.0667. The van der Waals surface area contributed by atoms with E-state index < -0.39 is 0 Å². The molecule has 1 aromatic heterocycles. The molecule has 0 amide bonds. The molecule has 0 radical (unpaired) electrons. The predicted molar refractivity (Wildman–Crippen MR) is 79.0 cm³/mol. The van der Waals surface area contributed by atoms with Crippen molar-refractivity contribution in [2.75, 3.05) is 5.73 Å². The number of aromatic nitrogens is 1. The number of aromatic amines is 1. The lowest BCUT2D eigenvalue weighted by atomic mass is 10.2. The summed E-state index contributed by atoms with van der Waals surface area (Å²) < 4.78 is 5.88. The number of rotatable bonds is 2. The van der Waals surface area contributed by atoms with Crippen molar-refractivity contribution < 1.29 is 4.74 Å². The van der Waals surface area contributed by atoms with Crippen molar-refractivity contribution in [2.45, 2.75) is 6.92 Å². The highest BCUT2D eigenvalue weighted by molar-refractivity contribution is 6.32. The van der Waals surface area contributed by atoms with Gasteiger partial charge in [-0.1, -0.05) is 17.7 Å². The Labute approximate surface area is 116 Å². The largest absolute Gasteiger partial charge is 0.455 e. The molecule has 2 aromatic carbocycles. The van der Waals surface area contributed by atoms with E-state index in [1.54, 1.807) is 18.2 Å². The van der Waals surface area contributed by atoms with Gasteiger partial charge in [-0.3, -0.25) is 0 Å². The maximum absolute atomic E-state index is 6.12. The van der Waals surface area contributed by atoms with Crippen molar-refractivity contribution >= 4 is 28.2 Å². The molecule has 3 aromatic rings. The van der Waals surface area contributed by atoms with Gasteiger partial charge >= 0.3 is 0 Å². The van der Waals surface area contributed by atoms with Crippen LogP contribution in [-0.4, -0.2) is 4.98 Å². The Morgan fingerprint density at radius 2 is 1.95 bits per heavy atom. The van der Waals surface area contributed by atoms with Gasteiger partial charge in [0, 0.05) is 22.3 Å². The van der Waals surface area contributed by atoms with Gasteiger partial charge in [-0.05, 0) is 43.3 Å². The number of nitrogens with two attached hydrogens (primary N) is 1. The Morgan fingerprint density at radius 1 is 1.11 bits per heavy atom. The molecule has 0 aliphatic heterocycles. The van der Waals surface area contributed by atoms with Gasteiger partial charge in [0.25, 0.3) is 0 Å². The van der Waals surface area contributed by atoms with E-state index in [0.29, 0.717) is 16.5 Å². The number of halogens is 1. The number of hydrogen-bond acceptors (Lipinski definition) is 2. The summed E-state index contributed by atoms with van der Waals surface area (Å²) in [5, 5.41) is 1.54. The molecule has 3 rings (SSSR count). The lowest BCUT2D eigenvalue weighted by molar-refractivity contribution is 0.489. The normalized spacial score (nSPS) is 10.8. The van der Waals surface area contributed by atoms with Crippen molar-refractivity contribution in [3.63, 3.8) is 0 Å². The molecule has 0 aliphatic rings. The van der Waals surface area contributed by atoms with Crippen molar-refractivity contribution in [1.29, 1.82) is 0 Å². The molecule has 0 fully saturated rings. The number of aryl methyl sites for hydroxylation is 1. The van der Waals surface area contributed by atoms with E-state index in [9.17, 15) is 0 Å². The van der Waals surface area contributed by atoms with Gasteiger partial charge in [-0.25, -0.2) is 0 Å². The zero-order valence-corrected chi connectivity index (χ0v) is 11.2. The minimum absolute atomic E-state index is 0.504. The van der Waals surface area contributed by atoms with Crippen molar-refractivity contribution in [3.05, 3.63) is 53.2 Å². The number of nitrogens with one attached hydrogen (secondary N) is 1. The molecule has 19 heavy (non-hydrogen) atoms. The van der Waals surface area contributed by atoms with Gasteiger partial charge in [0.1, 0.15) is 11.5 Å². The molecule has 4 heteroatoms. The van der Waals surface area contributed by atoms with E-state index in [4.69, 9.17) is 22.1 Å². The third-order valence-electron chi connectivity index (χ3n) is 2.93. The van der Waals surface area contributed by atoms with E-state index in [1.165, 1.54) is 0 Å². The maximum Gasteiger partial charge on any atom is 0.146 e. The first-order valence-electron chi connectivity index (χ1n) is 5.95. The van der Waals surface area contributed by atoms with Gasteiger partial charge in [0.05, 0.1) is 5.02 Å². The number of nitrogen functional groups attached to an aromatic ring is 1. The van der Waals surface area contributed by atoms with Crippen LogP contribution in [0.5, 0.6) is 11.5 Å². The summed E-state index contributed by atoms with van der Waals surface area (Å²) in [7, 11) is 0. The van der Waals surface area contributed by atoms with Crippen LogP contribution in [0.15, 0.2) is 42.5 Å². The first-order valence-corrected chi connectivity index (χ1v) is 6.32. The van der Waals surface area contributed by atoms with Crippen LogP contribution in [0, 0.1) is 6.92 Å². The Kier molecular flexibility index (Phi) is 2.84. The summed E-state index contributed by atoms with van der Waals surface area (Å²) in [5.74, 6) is 1.37. The summed E-state index contributed by atoms with van der Waals surface area (Å²) in [4.78, 5) is 3.28. The number of anilines is 1. The van der Waals surface area contributed by atoms with Crippen LogP contribution >= 0.6 is 11.6 Å². The van der Waals surface area contributed by atoms with Crippen LogP contribution in [0.2, 0.25) is 5.02 Å². The average molecular weight is 273 g/mol. The molecule has 0 unspecified atom stereocenters. The molecule has 0 aliphatic carbocycles. The summed E-state index contributed by atoms with van der Waals surface area (Å²) in [5.41, 5.74) is 8.42. The third-order valence-corrected chi connectivity index (χ3v) is 3.23. The van der Waals surface area contributed by atoms with E-state index in [0.717, 1.165) is 22.3 Å². The fourth-order valence-corrected chi connectivity index (χ4v) is 2.30. The standard InChI is InChI=1S/C15H13ClN2O/c1-9-7-11-13(18-9)3-2-4-14(11)19-15-6-5-10(17)8-12(15)16/h2-8,18H,17H2,1H3. The van der Waals surface area contributed by atoms with Gasteiger partial charge in [0.2, 0.25) is 0 Å². The van der Waals surface area contributed by atoms with Crippen LogP contribution in [-0.2, 0) is 0 Å². The van der Waals surface area contributed by atoms with Crippen molar-refractivity contribution in [2.24, 2.45) is 0 Å². The van der Waals surface area contributed by atoms with Gasteiger partial charge in [0.15, 0.2) is 0 Å². The van der Waals surface area contributed by atoms with Gasteiger partial charge in [-0.15, -0.1) is 0 Å². The van der Waals surface area contributed by atoms with Crippen LogP contribution in [0.4, 0.5) is 5.69 Å². The highest BCUT2D eigenvalue weighted by Crippen LogP contribution is 2.34. The van der Waals surface area contributed by atoms with Gasteiger partial charge < -0.3 is 15.5 Å². The number of H-pyrrole nitrogens is 1. The maximum atomic E-state index is 6.12. The predicted octanol–water partition coefficient (Wildman–Crippen LogP) is 4.50. The molecule has 0 atom stereocenters. The molecule has 96 valence electrons. The van der Waals surface area contributed by atoms with Crippen molar-refractivity contribution in [3.8, 4) is 11.5 Å². The van der Waals surface area contributed by atoms with Crippen LogP contribution in [0.3, 0.4) is 0 Å². The molecular formula is C15H13ClN2O. The minimum Gasteiger partial charge on any atom is -0.455 e. The van der Waals surface area contributed by atoms with E-state index in [1.807, 2.05) is 25.1 Å². The summed E-state index contributed by atoms with van der Waals surface area (Å²) in [6.45, 7) is 2.01. The molecule has 0 saturated heterocycles. The average Bonchev–Trinajstić information content (AvgIpc) is 2.74. The van der Waals surface area contributed by atoms with E-state index in [2.05, 4.69) is 11.1 Å². The van der Waals surface area contributed by atoms with E-state index in [-0.39, 0.29) is 0 Å². The molecular weight excluding hydrogens is 260 g/mol. The Morgan fingerprint density at radius 3 is 2.74 bits per heavy atom. The zero-order chi connectivity index (χ0) is 13.4. The number of ether oxygens (including phenoxy) is 1. The number of fused-ring (bicyclic) bond motifs is 1. The second kappa shape index (κ2) is 4.52. The monoisotopic (exact) mass is 272 g/mol. The zero-order valence-electron chi connectivity index (χ0n) is 10.4. The molecule has 3 N–H and O–H groups in total. The highest BCUT2D eigenvalue weighted by Gasteiger charge is 2.08. The lowest BCUT2D eigenvalue weighted by Crippen LogP contribution is -1.88. The third kappa shape index (κ3) is 2.25. The SMILES string of the molecule is Cc1cc2c(Oc3ccc(N)cc3Cl)cccc2[nH]1.